The van der Waals surface area contributed by atoms with Crippen LogP contribution in [-0.4, -0.2) is 19.3 Å². The smallest absolute Gasteiger partial charge is 0.0667 e. The summed E-state index contributed by atoms with van der Waals surface area (Å²) in [6.45, 7) is 1.68. The summed E-state index contributed by atoms with van der Waals surface area (Å²) >= 11 is 0. The highest BCUT2D eigenvalue weighted by Crippen LogP contribution is 2.20. The summed E-state index contributed by atoms with van der Waals surface area (Å²) in [7, 11) is 0. The van der Waals surface area contributed by atoms with Crippen LogP contribution in [0.2, 0.25) is 0 Å². The van der Waals surface area contributed by atoms with Gasteiger partial charge in [-0.15, -0.1) is 0 Å². The summed E-state index contributed by atoms with van der Waals surface area (Å²) in [6.07, 6.45) is 2.29. The molecule has 0 bridgehead atoms. The largest absolute Gasteiger partial charge is 0.397 e. The molecule has 0 saturated carbocycles. The zero-order chi connectivity index (χ0) is 9.80. The number of nitrogens with two attached hydrogens (primary N) is 1. The van der Waals surface area contributed by atoms with Crippen molar-refractivity contribution in [2.45, 2.75) is 18.9 Å². The van der Waals surface area contributed by atoms with Crippen LogP contribution in [0, 0.1) is 0 Å². The molecule has 0 spiro atoms. The molecule has 0 aromatic heterocycles. The van der Waals surface area contributed by atoms with Crippen molar-refractivity contribution in [1.29, 1.82) is 0 Å². The van der Waals surface area contributed by atoms with E-state index in [9.17, 15) is 0 Å². The second kappa shape index (κ2) is 4.33. The van der Waals surface area contributed by atoms with Crippen molar-refractivity contribution in [2.75, 3.05) is 24.3 Å². The molecule has 1 fully saturated rings. The van der Waals surface area contributed by atoms with Crippen molar-refractivity contribution in [3.05, 3.63) is 24.3 Å². The van der Waals surface area contributed by atoms with Gasteiger partial charge in [0.15, 0.2) is 0 Å². The van der Waals surface area contributed by atoms with E-state index in [0.717, 1.165) is 37.4 Å². The van der Waals surface area contributed by atoms with Crippen LogP contribution in [-0.2, 0) is 4.74 Å². The number of rotatable bonds is 2. The summed E-state index contributed by atoms with van der Waals surface area (Å²) < 4.78 is 5.39. The van der Waals surface area contributed by atoms with Crippen LogP contribution >= 0.6 is 0 Å². The van der Waals surface area contributed by atoms with E-state index in [-0.39, 0.29) is 0 Å². The monoisotopic (exact) mass is 192 g/mol. The molecule has 76 valence electrons. The van der Waals surface area contributed by atoms with Gasteiger partial charge in [0.2, 0.25) is 0 Å². The third-order valence-electron chi connectivity index (χ3n) is 2.48. The SMILES string of the molecule is Nc1ccccc1N[C@@H]1CCCOC1. The molecule has 0 aliphatic carbocycles. The van der Waals surface area contributed by atoms with Gasteiger partial charge in [-0.2, -0.15) is 0 Å². The lowest BCUT2D eigenvalue weighted by Crippen LogP contribution is -2.30. The molecule has 14 heavy (non-hydrogen) atoms. The fraction of sp³-hybridized carbons (Fsp3) is 0.455. The van der Waals surface area contributed by atoms with Crippen LogP contribution in [0.5, 0.6) is 0 Å². The van der Waals surface area contributed by atoms with E-state index in [1.165, 1.54) is 0 Å². The fourth-order valence-corrected chi connectivity index (χ4v) is 1.70. The number of nitrogen functional groups attached to an aromatic ring is 1. The van der Waals surface area contributed by atoms with Crippen molar-refractivity contribution in [1.82, 2.24) is 0 Å². The van der Waals surface area contributed by atoms with Crippen molar-refractivity contribution in [3.8, 4) is 0 Å². The normalized spacial score (nSPS) is 21.9. The molecule has 1 atom stereocenters. The maximum atomic E-state index is 5.83. The number of para-hydroxylation sites is 2. The molecule has 0 radical (unpaired) electrons. The molecule has 1 aromatic rings. The summed E-state index contributed by atoms with van der Waals surface area (Å²) in [4.78, 5) is 0. The van der Waals surface area contributed by atoms with Gasteiger partial charge < -0.3 is 15.8 Å². The number of hydrogen-bond donors (Lipinski definition) is 2. The Hall–Kier alpha value is -1.22. The Bertz CT molecular complexity index is 295. The van der Waals surface area contributed by atoms with Crippen LogP contribution in [0.25, 0.3) is 0 Å². The Kier molecular flexibility index (Phi) is 2.89. The van der Waals surface area contributed by atoms with Gasteiger partial charge in [0, 0.05) is 12.6 Å². The average Bonchev–Trinajstić information content (AvgIpc) is 2.23. The third-order valence-corrected chi connectivity index (χ3v) is 2.48. The van der Waals surface area contributed by atoms with E-state index in [0.29, 0.717) is 6.04 Å². The van der Waals surface area contributed by atoms with Gasteiger partial charge in [-0.25, -0.2) is 0 Å². The molecule has 1 aliphatic heterocycles. The highest BCUT2D eigenvalue weighted by Gasteiger charge is 2.13. The Morgan fingerprint density at radius 3 is 2.93 bits per heavy atom. The third kappa shape index (κ3) is 2.17. The van der Waals surface area contributed by atoms with E-state index in [4.69, 9.17) is 10.5 Å². The molecule has 0 unspecified atom stereocenters. The van der Waals surface area contributed by atoms with E-state index in [1.54, 1.807) is 0 Å². The first-order valence-corrected chi connectivity index (χ1v) is 5.05. The van der Waals surface area contributed by atoms with Gasteiger partial charge in [0.1, 0.15) is 0 Å². The van der Waals surface area contributed by atoms with Crippen molar-refractivity contribution < 1.29 is 4.74 Å². The van der Waals surface area contributed by atoms with Crippen molar-refractivity contribution in [3.63, 3.8) is 0 Å². The quantitative estimate of drug-likeness (QED) is 0.703. The summed E-state index contributed by atoms with van der Waals surface area (Å²) in [5, 5.41) is 3.40. The number of anilines is 2. The fourth-order valence-electron chi connectivity index (χ4n) is 1.70. The molecule has 3 N–H and O–H groups in total. The lowest BCUT2D eigenvalue weighted by molar-refractivity contribution is 0.0876. The van der Waals surface area contributed by atoms with Gasteiger partial charge in [0.05, 0.1) is 18.0 Å². The van der Waals surface area contributed by atoms with Gasteiger partial charge >= 0.3 is 0 Å². The van der Waals surface area contributed by atoms with Gasteiger partial charge in [-0.1, -0.05) is 12.1 Å². The Balaban J connectivity index is 1.99. The lowest BCUT2D eigenvalue weighted by Gasteiger charge is -2.24. The van der Waals surface area contributed by atoms with E-state index in [2.05, 4.69) is 5.32 Å². The van der Waals surface area contributed by atoms with Gasteiger partial charge in [-0.3, -0.25) is 0 Å². The Morgan fingerprint density at radius 1 is 1.36 bits per heavy atom. The van der Waals surface area contributed by atoms with Crippen LogP contribution in [0.15, 0.2) is 24.3 Å². The highest BCUT2D eigenvalue weighted by molar-refractivity contribution is 5.65. The molecule has 1 heterocycles. The molecular weight excluding hydrogens is 176 g/mol. The number of hydrogen-bond acceptors (Lipinski definition) is 3. The minimum atomic E-state index is 0.411. The molecule has 3 nitrogen and oxygen atoms in total. The standard InChI is InChI=1S/C11H16N2O/c12-10-5-1-2-6-11(10)13-9-4-3-7-14-8-9/h1-2,5-6,9,13H,3-4,7-8,12H2/t9-/m1/s1. The number of ether oxygens (including phenoxy) is 1. The predicted octanol–water partition coefficient (Wildman–Crippen LogP) is 1.86. The van der Waals surface area contributed by atoms with E-state index < -0.39 is 0 Å². The zero-order valence-corrected chi connectivity index (χ0v) is 8.20. The molecule has 0 amide bonds. The van der Waals surface area contributed by atoms with E-state index in [1.807, 2.05) is 24.3 Å². The molecule has 1 aromatic carbocycles. The topological polar surface area (TPSA) is 47.3 Å². The number of nitrogens with one attached hydrogen (secondary N) is 1. The van der Waals surface area contributed by atoms with Crippen LogP contribution < -0.4 is 11.1 Å². The van der Waals surface area contributed by atoms with Crippen molar-refractivity contribution >= 4 is 11.4 Å². The van der Waals surface area contributed by atoms with E-state index >= 15 is 0 Å². The van der Waals surface area contributed by atoms with Gasteiger partial charge in [-0.05, 0) is 25.0 Å². The minimum absolute atomic E-state index is 0.411. The summed E-state index contributed by atoms with van der Waals surface area (Å²) in [5.41, 5.74) is 7.65. The highest BCUT2D eigenvalue weighted by atomic mass is 16.5. The molecular formula is C11H16N2O. The second-order valence-corrected chi connectivity index (χ2v) is 3.65. The zero-order valence-electron chi connectivity index (χ0n) is 8.20. The maximum Gasteiger partial charge on any atom is 0.0667 e. The number of benzene rings is 1. The van der Waals surface area contributed by atoms with Crippen LogP contribution in [0.4, 0.5) is 11.4 Å². The van der Waals surface area contributed by atoms with Crippen molar-refractivity contribution in [2.24, 2.45) is 0 Å². The lowest BCUT2D eigenvalue weighted by atomic mass is 10.1. The maximum absolute atomic E-state index is 5.83. The first kappa shape index (κ1) is 9.34. The molecule has 1 aliphatic rings. The molecule has 1 saturated heterocycles. The average molecular weight is 192 g/mol. The minimum Gasteiger partial charge on any atom is -0.397 e. The second-order valence-electron chi connectivity index (χ2n) is 3.65. The molecule has 3 heteroatoms. The van der Waals surface area contributed by atoms with Gasteiger partial charge in [0.25, 0.3) is 0 Å². The Morgan fingerprint density at radius 2 is 2.21 bits per heavy atom. The first-order chi connectivity index (χ1) is 6.86. The predicted molar refractivity (Wildman–Crippen MR) is 58.3 cm³/mol. The van der Waals surface area contributed by atoms with Crippen LogP contribution in [0.3, 0.4) is 0 Å². The summed E-state index contributed by atoms with van der Waals surface area (Å²) in [5.74, 6) is 0. The molecule has 2 rings (SSSR count). The first-order valence-electron chi connectivity index (χ1n) is 5.05. The summed E-state index contributed by atoms with van der Waals surface area (Å²) in [6, 6.07) is 8.25. The Labute approximate surface area is 84.3 Å². The van der Waals surface area contributed by atoms with Crippen LogP contribution in [0.1, 0.15) is 12.8 Å².